The summed E-state index contributed by atoms with van der Waals surface area (Å²) in [7, 11) is 0. The van der Waals surface area contributed by atoms with Gasteiger partial charge in [0.2, 0.25) is 5.91 Å². The number of nitriles is 1. The highest BCUT2D eigenvalue weighted by Crippen LogP contribution is 2.14. The Balaban J connectivity index is 1.95. The second kappa shape index (κ2) is 6.67. The number of nitrogens with zero attached hydrogens (tertiary/aromatic N) is 1. The van der Waals surface area contributed by atoms with Gasteiger partial charge >= 0.3 is 0 Å². The molecule has 3 nitrogen and oxygen atoms in total. The molecule has 21 heavy (non-hydrogen) atoms. The van der Waals surface area contributed by atoms with Crippen LogP contribution in [-0.4, -0.2) is 5.91 Å². The third-order valence-electron chi connectivity index (χ3n) is 3.09. The summed E-state index contributed by atoms with van der Waals surface area (Å²) in [5.74, 6) is -0.748. The standard InChI is InChI=1S/C17H15FN2O/c1-12-3-2-4-13(9-12)5-8-17(21)20-15-6-7-16(18)14(10-15)11-19/h2-4,6-7,9-10H,5,8H2,1H3,(H,20,21). The van der Waals surface area contributed by atoms with E-state index in [2.05, 4.69) is 5.32 Å². The van der Waals surface area contributed by atoms with E-state index in [1.54, 1.807) is 6.07 Å². The molecule has 0 aliphatic rings. The number of hydrogen-bond donors (Lipinski definition) is 1. The fraction of sp³-hybridized carbons (Fsp3) is 0.176. The van der Waals surface area contributed by atoms with Gasteiger partial charge in [0.05, 0.1) is 5.56 Å². The van der Waals surface area contributed by atoms with Gasteiger partial charge in [-0.15, -0.1) is 0 Å². The predicted octanol–water partition coefficient (Wildman–Crippen LogP) is 3.58. The number of nitrogens with one attached hydrogen (secondary N) is 1. The summed E-state index contributed by atoms with van der Waals surface area (Å²) in [5.41, 5.74) is 2.61. The lowest BCUT2D eigenvalue weighted by molar-refractivity contribution is -0.116. The molecule has 2 rings (SSSR count). The van der Waals surface area contributed by atoms with Crippen LogP contribution in [0.15, 0.2) is 42.5 Å². The highest BCUT2D eigenvalue weighted by Gasteiger charge is 2.06. The van der Waals surface area contributed by atoms with Crippen molar-refractivity contribution in [3.05, 3.63) is 65.0 Å². The van der Waals surface area contributed by atoms with Gasteiger partial charge in [-0.3, -0.25) is 4.79 Å². The Morgan fingerprint density at radius 1 is 1.29 bits per heavy atom. The van der Waals surface area contributed by atoms with Crippen molar-refractivity contribution in [2.75, 3.05) is 5.32 Å². The van der Waals surface area contributed by atoms with E-state index in [1.165, 1.54) is 18.2 Å². The van der Waals surface area contributed by atoms with E-state index in [0.717, 1.165) is 11.1 Å². The van der Waals surface area contributed by atoms with Crippen LogP contribution in [0.1, 0.15) is 23.1 Å². The minimum atomic E-state index is -0.588. The average Bonchev–Trinajstić information content (AvgIpc) is 2.47. The molecule has 0 aliphatic carbocycles. The molecule has 106 valence electrons. The molecule has 0 spiro atoms. The molecule has 0 saturated heterocycles. The van der Waals surface area contributed by atoms with Crippen LogP contribution in [0, 0.1) is 24.1 Å². The smallest absolute Gasteiger partial charge is 0.224 e. The van der Waals surface area contributed by atoms with Crippen molar-refractivity contribution in [3.63, 3.8) is 0 Å². The Hall–Kier alpha value is -2.67. The number of carbonyl (C=O) groups is 1. The largest absolute Gasteiger partial charge is 0.326 e. The van der Waals surface area contributed by atoms with Crippen LogP contribution >= 0.6 is 0 Å². The van der Waals surface area contributed by atoms with E-state index < -0.39 is 5.82 Å². The monoisotopic (exact) mass is 282 g/mol. The molecule has 1 N–H and O–H groups in total. The third-order valence-corrected chi connectivity index (χ3v) is 3.09. The summed E-state index contributed by atoms with van der Waals surface area (Å²) in [6, 6.07) is 13.7. The van der Waals surface area contributed by atoms with Gasteiger partial charge in [-0.05, 0) is 37.1 Å². The Kier molecular flexibility index (Phi) is 4.68. The summed E-state index contributed by atoms with van der Waals surface area (Å²) in [4.78, 5) is 11.9. The highest BCUT2D eigenvalue weighted by atomic mass is 19.1. The Morgan fingerprint density at radius 3 is 2.81 bits per heavy atom. The fourth-order valence-electron chi connectivity index (χ4n) is 2.04. The van der Waals surface area contributed by atoms with Gasteiger partial charge < -0.3 is 5.32 Å². The Labute approximate surface area is 123 Å². The Bertz CT molecular complexity index is 704. The van der Waals surface area contributed by atoms with Crippen molar-refractivity contribution in [2.24, 2.45) is 0 Å². The molecule has 0 unspecified atom stereocenters. The van der Waals surface area contributed by atoms with E-state index in [0.29, 0.717) is 18.5 Å². The van der Waals surface area contributed by atoms with Crippen molar-refractivity contribution in [3.8, 4) is 6.07 Å². The quantitative estimate of drug-likeness (QED) is 0.932. The molecule has 0 radical (unpaired) electrons. The van der Waals surface area contributed by atoms with E-state index in [9.17, 15) is 9.18 Å². The first-order valence-corrected chi connectivity index (χ1v) is 6.63. The zero-order valence-corrected chi connectivity index (χ0v) is 11.7. The number of anilines is 1. The maximum Gasteiger partial charge on any atom is 0.224 e. The van der Waals surface area contributed by atoms with Crippen LogP contribution in [-0.2, 0) is 11.2 Å². The molecule has 0 fully saturated rings. The lowest BCUT2D eigenvalue weighted by Gasteiger charge is -2.06. The van der Waals surface area contributed by atoms with Gasteiger partial charge in [-0.25, -0.2) is 4.39 Å². The normalized spacial score (nSPS) is 9.95. The number of hydrogen-bond acceptors (Lipinski definition) is 2. The van der Waals surface area contributed by atoms with Crippen LogP contribution in [0.25, 0.3) is 0 Å². The first-order chi connectivity index (χ1) is 10.1. The number of aryl methyl sites for hydroxylation is 2. The molecule has 1 amide bonds. The van der Waals surface area contributed by atoms with Gasteiger partial charge in [-0.1, -0.05) is 29.8 Å². The van der Waals surface area contributed by atoms with E-state index in [4.69, 9.17) is 5.26 Å². The number of amides is 1. The van der Waals surface area contributed by atoms with Crippen LogP contribution in [0.3, 0.4) is 0 Å². The van der Waals surface area contributed by atoms with Gasteiger partial charge in [0, 0.05) is 12.1 Å². The summed E-state index contributed by atoms with van der Waals surface area (Å²) in [5, 5.41) is 11.4. The average molecular weight is 282 g/mol. The van der Waals surface area contributed by atoms with Crippen molar-refractivity contribution >= 4 is 11.6 Å². The fourth-order valence-corrected chi connectivity index (χ4v) is 2.04. The van der Waals surface area contributed by atoms with E-state index >= 15 is 0 Å². The number of halogens is 1. The van der Waals surface area contributed by atoms with Crippen molar-refractivity contribution in [1.82, 2.24) is 0 Å². The van der Waals surface area contributed by atoms with Gasteiger partial charge in [0.1, 0.15) is 11.9 Å². The molecule has 0 saturated carbocycles. The molecule has 2 aromatic carbocycles. The lowest BCUT2D eigenvalue weighted by Crippen LogP contribution is -2.12. The first kappa shape index (κ1) is 14.7. The number of carbonyl (C=O) groups excluding carboxylic acids is 1. The summed E-state index contributed by atoms with van der Waals surface area (Å²) < 4.78 is 13.2. The minimum Gasteiger partial charge on any atom is -0.326 e. The van der Waals surface area contributed by atoms with Crippen molar-refractivity contribution in [2.45, 2.75) is 19.8 Å². The maximum atomic E-state index is 13.2. The molecule has 0 aromatic heterocycles. The lowest BCUT2D eigenvalue weighted by atomic mass is 10.1. The molecule has 0 aliphatic heterocycles. The molecule has 0 bridgehead atoms. The summed E-state index contributed by atoms with van der Waals surface area (Å²) in [6.45, 7) is 2.01. The van der Waals surface area contributed by atoms with Crippen LogP contribution in [0.2, 0.25) is 0 Å². The van der Waals surface area contributed by atoms with Crippen LogP contribution < -0.4 is 5.32 Å². The number of rotatable bonds is 4. The topological polar surface area (TPSA) is 52.9 Å². The zero-order chi connectivity index (χ0) is 15.2. The maximum absolute atomic E-state index is 13.2. The number of benzene rings is 2. The molecule has 0 heterocycles. The van der Waals surface area contributed by atoms with Crippen molar-refractivity contribution < 1.29 is 9.18 Å². The SMILES string of the molecule is Cc1cccc(CCC(=O)Nc2ccc(F)c(C#N)c2)c1. The highest BCUT2D eigenvalue weighted by molar-refractivity contribution is 5.91. The van der Waals surface area contributed by atoms with Crippen LogP contribution in [0.4, 0.5) is 10.1 Å². The predicted molar refractivity (Wildman–Crippen MR) is 79.2 cm³/mol. The van der Waals surface area contributed by atoms with Gasteiger partial charge in [-0.2, -0.15) is 5.26 Å². The summed E-state index contributed by atoms with van der Waals surface area (Å²) in [6.07, 6.45) is 0.975. The van der Waals surface area contributed by atoms with Crippen LogP contribution in [0.5, 0.6) is 0 Å². The molecule has 2 aromatic rings. The van der Waals surface area contributed by atoms with Crippen molar-refractivity contribution in [1.29, 1.82) is 5.26 Å². The second-order valence-electron chi connectivity index (χ2n) is 4.84. The van der Waals surface area contributed by atoms with Gasteiger partial charge in [0.25, 0.3) is 0 Å². The molecule has 4 heteroatoms. The van der Waals surface area contributed by atoms with Gasteiger partial charge in [0.15, 0.2) is 0 Å². The minimum absolute atomic E-state index is 0.0773. The molecule has 0 atom stereocenters. The summed E-state index contributed by atoms with van der Waals surface area (Å²) >= 11 is 0. The van der Waals surface area contributed by atoms with E-state index in [-0.39, 0.29) is 11.5 Å². The zero-order valence-electron chi connectivity index (χ0n) is 11.7. The molecular formula is C17H15FN2O. The second-order valence-corrected chi connectivity index (χ2v) is 4.84. The Morgan fingerprint density at radius 2 is 2.10 bits per heavy atom. The third kappa shape index (κ3) is 4.15. The molecular weight excluding hydrogens is 267 g/mol. The first-order valence-electron chi connectivity index (χ1n) is 6.63. The van der Waals surface area contributed by atoms with E-state index in [1.807, 2.05) is 31.2 Å².